The molecule has 0 bridgehead atoms. The minimum absolute atomic E-state index is 0.0365. The summed E-state index contributed by atoms with van der Waals surface area (Å²) in [6.45, 7) is 2.15. The van der Waals surface area contributed by atoms with Crippen molar-refractivity contribution in [3.05, 3.63) is 59.8 Å². The predicted octanol–water partition coefficient (Wildman–Crippen LogP) is 2.38. The van der Waals surface area contributed by atoms with Crippen molar-refractivity contribution in [2.24, 2.45) is 0 Å². The summed E-state index contributed by atoms with van der Waals surface area (Å²) in [5, 5.41) is 7.85. The van der Waals surface area contributed by atoms with E-state index in [0.29, 0.717) is 34.0 Å². The van der Waals surface area contributed by atoms with Crippen molar-refractivity contribution in [2.45, 2.75) is 13.0 Å². The highest BCUT2D eigenvalue weighted by molar-refractivity contribution is 6.32. The summed E-state index contributed by atoms with van der Waals surface area (Å²) >= 11 is 6.26. The highest BCUT2D eigenvalue weighted by atomic mass is 35.5. The van der Waals surface area contributed by atoms with Crippen LogP contribution in [-0.2, 0) is 9.53 Å². The Bertz CT molecular complexity index is 1380. The molecule has 13 heteroatoms. The van der Waals surface area contributed by atoms with Crippen LogP contribution in [0.25, 0.3) is 16.9 Å². The van der Waals surface area contributed by atoms with Gasteiger partial charge in [-0.1, -0.05) is 11.6 Å². The summed E-state index contributed by atoms with van der Waals surface area (Å²) in [7, 11) is 3.29. The van der Waals surface area contributed by atoms with Crippen LogP contribution in [0.2, 0.25) is 5.02 Å². The van der Waals surface area contributed by atoms with Gasteiger partial charge < -0.3 is 19.7 Å². The van der Waals surface area contributed by atoms with Crippen molar-refractivity contribution in [3.8, 4) is 11.7 Å². The van der Waals surface area contributed by atoms with Crippen LogP contribution in [0.4, 0.5) is 5.82 Å². The first-order chi connectivity index (χ1) is 17.4. The van der Waals surface area contributed by atoms with Gasteiger partial charge in [-0.25, -0.2) is 19.9 Å². The largest absolute Gasteiger partial charge is 0.461 e. The van der Waals surface area contributed by atoms with Gasteiger partial charge in [0.25, 0.3) is 11.8 Å². The molecule has 4 heterocycles. The number of hydrogen-bond acceptors (Lipinski definition) is 9. The number of carbonyl (C=O) groups excluding carboxylic acids is 2. The van der Waals surface area contributed by atoms with Crippen LogP contribution in [0.5, 0.6) is 5.88 Å². The molecular weight excluding hydrogens is 488 g/mol. The molecule has 4 aromatic rings. The summed E-state index contributed by atoms with van der Waals surface area (Å²) in [5.74, 6) is 0.0846. The van der Waals surface area contributed by atoms with E-state index in [0.717, 1.165) is 0 Å². The van der Waals surface area contributed by atoms with Crippen LogP contribution in [-0.4, -0.2) is 79.8 Å². The van der Waals surface area contributed by atoms with E-state index >= 15 is 0 Å². The number of nitrogens with one attached hydrogen (secondary N) is 1. The van der Waals surface area contributed by atoms with E-state index in [1.54, 1.807) is 45.4 Å². The Balaban J connectivity index is 1.56. The van der Waals surface area contributed by atoms with Crippen LogP contribution >= 0.6 is 11.6 Å². The number of halogens is 1. The number of anilines is 1. The Morgan fingerprint density at radius 3 is 2.67 bits per heavy atom. The number of pyridine rings is 2. The Kier molecular flexibility index (Phi) is 7.66. The van der Waals surface area contributed by atoms with Crippen molar-refractivity contribution in [3.63, 3.8) is 0 Å². The molecule has 0 aliphatic carbocycles. The van der Waals surface area contributed by atoms with Gasteiger partial charge in [-0.05, 0) is 31.2 Å². The van der Waals surface area contributed by atoms with Gasteiger partial charge in [0, 0.05) is 33.1 Å². The number of ether oxygens (including phenoxy) is 2. The van der Waals surface area contributed by atoms with Crippen LogP contribution in [0.15, 0.2) is 49.2 Å². The molecule has 36 heavy (non-hydrogen) atoms. The number of rotatable bonds is 9. The first-order valence-electron chi connectivity index (χ1n) is 10.9. The van der Waals surface area contributed by atoms with Gasteiger partial charge >= 0.3 is 0 Å². The zero-order chi connectivity index (χ0) is 25.7. The van der Waals surface area contributed by atoms with E-state index < -0.39 is 12.0 Å². The third-order valence-electron chi connectivity index (χ3n) is 4.96. The first kappa shape index (κ1) is 24.9. The second kappa shape index (κ2) is 11.1. The van der Waals surface area contributed by atoms with Crippen molar-refractivity contribution < 1.29 is 19.1 Å². The van der Waals surface area contributed by atoms with Gasteiger partial charge in [0.1, 0.15) is 17.5 Å². The third kappa shape index (κ3) is 5.39. The van der Waals surface area contributed by atoms with E-state index in [-0.39, 0.29) is 24.2 Å². The molecule has 2 amide bonds. The lowest BCUT2D eigenvalue weighted by molar-refractivity contribution is -0.125. The van der Waals surface area contributed by atoms with Gasteiger partial charge in [-0.2, -0.15) is 9.78 Å². The summed E-state index contributed by atoms with van der Waals surface area (Å²) < 4.78 is 12.9. The number of carbonyl (C=O) groups is 2. The topological polar surface area (TPSA) is 137 Å². The van der Waals surface area contributed by atoms with E-state index in [2.05, 4.69) is 30.4 Å². The van der Waals surface area contributed by atoms with Gasteiger partial charge in [0.2, 0.25) is 12.0 Å². The zero-order valence-electron chi connectivity index (χ0n) is 19.8. The quantitative estimate of drug-likeness (QED) is 0.359. The van der Waals surface area contributed by atoms with Gasteiger partial charge in [-0.15, -0.1) is 0 Å². The fraction of sp³-hybridized carbons (Fsp3) is 0.261. The first-order valence-corrected chi connectivity index (χ1v) is 11.3. The maximum Gasteiger partial charge on any atom is 0.269 e. The average Bonchev–Trinajstić information content (AvgIpc) is 3.31. The fourth-order valence-electron chi connectivity index (χ4n) is 3.19. The normalized spacial score (nSPS) is 11.8. The Morgan fingerprint density at radius 1 is 1.14 bits per heavy atom. The molecule has 12 nitrogen and oxygen atoms in total. The number of nitrogens with zero attached hydrogens (tertiary/aromatic N) is 7. The Morgan fingerprint density at radius 2 is 1.97 bits per heavy atom. The zero-order valence-corrected chi connectivity index (χ0v) is 20.5. The SMILES string of the molecule is CCOCC(Oc1ncnc2c1cnn2-c1ncccc1Cl)C(=O)Nc1ccc(C(=O)N(C)C)cn1. The van der Waals surface area contributed by atoms with E-state index in [1.807, 2.05) is 0 Å². The lowest BCUT2D eigenvalue weighted by Crippen LogP contribution is -2.37. The smallest absolute Gasteiger partial charge is 0.269 e. The van der Waals surface area contributed by atoms with Gasteiger partial charge in [0.05, 0.1) is 23.4 Å². The van der Waals surface area contributed by atoms with E-state index in [4.69, 9.17) is 21.1 Å². The predicted molar refractivity (Wildman–Crippen MR) is 131 cm³/mol. The third-order valence-corrected chi connectivity index (χ3v) is 5.25. The lowest BCUT2D eigenvalue weighted by Gasteiger charge is -2.18. The standard InChI is InChI=1S/C23H23ClN8O4/c1-4-35-12-17(21(33)30-18-8-7-14(10-26-18)23(34)31(2)3)36-22-15-11-29-32(19(15)27-13-28-22)20-16(24)6-5-9-25-20/h5-11,13,17H,4,12H2,1-3H3,(H,26,30,33). The molecule has 1 unspecified atom stereocenters. The molecule has 0 radical (unpaired) electrons. The molecule has 4 rings (SSSR count). The maximum absolute atomic E-state index is 13.0. The monoisotopic (exact) mass is 510 g/mol. The molecule has 0 aromatic carbocycles. The molecule has 0 saturated carbocycles. The number of fused-ring (bicyclic) bond motifs is 1. The van der Waals surface area contributed by atoms with Crippen LogP contribution < -0.4 is 10.1 Å². The molecule has 186 valence electrons. The van der Waals surface area contributed by atoms with E-state index in [1.165, 1.54) is 34.4 Å². The lowest BCUT2D eigenvalue weighted by atomic mass is 10.2. The second-order valence-corrected chi connectivity index (χ2v) is 8.08. The average molecular weight is 511 g/mol. The summed E-state index contributed by atoms with van der Waals surface area (Å²) in [6, 6.07) is 6.51. The molecule has 4 aromatic heterocycles. The summed E-state index contributed by atoms with van der Waals surface area (Å²) in [5.41, 5.74) is 0.799. The molecule has 0 saturated heterocycles. The van der Waals surface area contributed by atoms with E-state index in [9.17, 15) is 9.59 Å². The Hall–Kier alpha value is -4.16. The molecule has 1 atom stereocenters. The molecule has 0 spiro atoms. The van der Waals surface area contributed by atoms with Crippen LogP contribution in [0, 0.1) is 0 Å². The van der Waals surface area contributed by atoms with Crippen molar-refractivity contribution in [1.82, 2.24) is 34.6 Å². The molecule has 1 N–H and O–H groups in total. The minimum atomic E-state index is -1.06. The Labute approximate surface area is 211 Å². The molecule has 0 fully saturated rings. The summed E-state index contributed by atoms with van der Waals surface area (Å²) in [4.78, 5) is 43.4. The molecule has 0 aliphatic heterocycles. The van der Waals surface area contributed by atoms with Crippen LogP contribution in [0.1, 0.15) is 17.3 Å². The molecule has 0 aliphatic rings. The van der Waals surface area contributed by atoms with Crippen molar-refractivity contribution in [2.75, 3.05) is 32.6 Å². The number of amides is 2. The van der Waals surface area contributed by atoms with Gasteiger partial charge in [0.15, 0.2) is 11.5 Å². The van der Waals surface area contributed by atoms with Gasteiger partial charge in [-0.3, -0.25) is 9.59 Å². The number of aromatic nitrogens is 6. The number of hydrogen-bond donors (Lipinski definition) is 1. The highest BCUT2D eigenvalue weighted by Gasteiger charge is 2.24. The fourth-order valence-corrected chi connectivity index (χ4v) is 3.39. The maximum atomic E-state index is 13.0. The summed E-state index contributed by atoms with van der Waals surface area (Å²) in [6.07, 6.45) is 4.72. The van der Waals surface area contributed by atoms with Crippen molar-refractivity contribution >= 4 is 40.3 Å². The highest BCUT2D eigenvalue weighted by Crippen LogP contribution is 2.26. The van der Waals surface area contributed by atoms with Crippen LogP contribution in [0.3, 0.4) is 0 Å². The van der Waals surface area contributed by atoms with Crippen molar-refractivity contribution in [1.29, 1.82) is 0 Å². The minimum Gasteiger partial charge on any atom is -0.461 e. The second-order valence-electron chi connectivity index (χ2n) is 7.67. The molecular formula is C23H23ClN8O4.